The molecule has 0 aromatic rings. The molecular formula is C21H26F3N3O3. The van der Waals surface area contributed by atoms with E-state index in [1.807, 2.05) is 0 Å². The van der Waals surface area contributed by atoms with E-state index < -0.39 is 31.1 Å². The molecule has 9 heteroatoms. The lowest BCUT2D eigenvalue weighted by Crippen LogP contribution is -2.37. The highest BCUT2D eigenvalue weighted by atomic mass is 19.4. The molecule has 1 amide bonds. The number of hydrogen-bond donors (Lipinski definition) is 1. The Kier molecular flexibility index (Phi) is 9.42. The average Bonchev–Trinajstić information content (AvgIpc) is 3.02. The molecule has 1 rings (SSSR count). The molecule has 1 N–H and O–H groups in total. The maximum Gasteiger partial charge on any atom is 0.390 e. The molecule has 0 saturated heterocycles. The minimum absolute atomic E-state index is 0.0547. The van der Waals surface area contributed by atoms with Gasteiger partial charge in [0, 0.05) is 36.5 Å². The normalized spacial score (nSPS) is 17.5. The molecule has 0 fully saturated rings. The molecule has 0 aromatic carbocycles. The van der Waals surface area contributed by atoms with Gasteiger partial charge in [-0.3, -0.25) is 19.6 Å². The van der Waals surface area contributed by atoms with E-state index in [1.54, 1.807) is 20.8 Å². The van der Waals surface area contributed by atoms with Gasteiger partial charge in [0.1, 0.15) is 0 Å². The predicted molar refractivity (Wildman–Crippen MR) is 111 cm³/mol. The second kappa shape index (κ2) is 11.3. The van der Waals surface area contributed by atoms with E-state index in [0.717, 1.165) is 6.26 Å². The summed E-state index contributed by atoms with van der Waals surface area (Å²) in [6.07, 6.45) is 1.20. The van der Waals surface area contributed by atoms with Crippen LogP contribution in [-0.2, 0) is 9.59 Å². The summed E-state index contributed by atoms with van der Waals surface area (Å²) in [7, 11) is 0. The molecule has 0 radical (unpaired) electrons. The van der Waals surface area contributed by atoms with Gasteiger partial charge >= 0.3 is 6.18 Å². The molecule has 0 aliphatic carbocycles. The summed E-state index contributed by atoms with van der Waals surface area (Å²) in [4.78, 5) is 34.0. The van der Waals surface area contributed by atoms with Crippen LogP contribution in [0.5, 0.6) is 0 Å². The SMILES string of the molecule is C=N/C=C\C1=C(C(=O)CC)CN(C(C)C(/C=N\CCC(F)(F)F)=C/C(C)=C/O)C1=O. The van der Waals surface area contributed by atoms with Crippen LogP contribution in [0.25, 0.3) is 0 Å². The van der Waals surface area contributed by atoms with Crippen LogP contribution in [0.2, 0.25) is 0 Å². The zero-order chi connectivity index (χ0) is 22.9. The van der Waals surface area contributed by atoms with Crippen LogP contribution in [0.3, 0.4) is 0 Å². The lowest BCUT2D eigenvalue weighted by Gasteiger charge is -2.26. The zero-order valence-electron chi connectivity index (χ0n) is 17.2. The number of nitrogens with zero attached hydrogens (tertiary/aromatic N) is 3. The van der Waals surface area contributed by atoms with Crippen molar-refractivity contribution in [3.8, 4) is 0 Å². The highest BCUT2D eigenvalue weighted by molar-refractivity contribution is 6.11. The van der Waals surface area contributed by atoms with Gasteiger partial charge in [-0.05, 0) is 43.9 Å². The molecule has 164 valence electrons. The Balaban J connectivity index is 3.19. The molecular weight excluding hydrogens is 399 g/mol. The number of hydrogen-bond acceptors (Lipinski definition) is 5. The fourth-order valence-corrected chi connectivity index (χ4v) is 2.78. The number of carbonyl (C=O) groups excluding carboxylic acids is 2. The smallest absolute Gasteiger partial charge is 0.390 e. The highest BCUT2D eigenvalue weighted by Gasteiger charge is 2.35. The minimum atomic E-state index is -4.32. The molecule has 1 unspecified atom stereocenters. The number of rotatable bonds is 10. The predicted octanol–water partition coefficient (Wildman–Crippen LogP) is 4.12. The van der Waals surface area contributed by atoms with E-state index in [1.165, 1.54) is 29.5 Å². The Bertz CT molecular complexity index is 821. The number of amides is 1. The summed E-state index contributed by atoms with van der Waals surface area (Å²) in [5.41, 5.74) is 1.41. The second-order valence-electron chi connectivity index (χ2n) is 6.69. The van der Waals surface area contributed by atoms with Gasteiger partial charge in [-0.15, -0.1) is 0 Å². The van der Waals surface area contributed by atoms with Gasteiger partial charge in [0.05, 0.1) is 25.3 Å². The number of halogens is 3. The van der Waals surface area contributed by atoms with Crippen LogP contribution in [0, 0.1) is 0 Å². The third-order valence-electron chi connectivity index (χ3n) is 4.46. The van der Waals surface area contributed by atoms with Gasteiger partial charge in [-0.1, -0.05) is 6.92 Å². The van der Waals surface area contributed by atoms with E-state index in [9.17, 15) is 27.9 Å². The van der Waals surface area contributed by atoms with Crippen LogP contribution < -0.4 is 0 Å². The van der Waals surface area contributed by atoms with Crippen molar-refractivity contribution < 1.29 is 27.9 Å². The van der Waals surface area contributed by atoms with Crippen molar-refractivity contribution in [2.75, 3.05) is 13.1 Å². The summed E-state index contributed by atoms with van der Waals surface area (Å²) in [5.74, 6) is -0.586. The standard InChI is InChI=1S/C21H26F3N3O3/c1-5-19(29)18-12-27(20(30)17(18)6-8-25-4)15(3)16(10-14(2)13-28)11-26-9-7-21(22,23)24/h6,8,10-11,13,15,28H,4-5,7,9,12H2,1-3H3/b8-6-,14-13+,16-10+,26-11-. The number of aliphatic hydroxyl groups is 1. The number of ketones is 1. The third kappa shape index (κ3) is 7.13. The van der Waals surface area contributed by atoms with Crippen LogP contribution in [-0.4, -0.2) is 59.9 Å². The Morgan fingerprint density at radius 2 is 2.07 bits per heavy atom. The summed E-state index contributed by atoms with van der Waals surface area (Å²) in [6.45, 7) is 7.87. The van der Waals surface area contributed by atoms with Crippen molar-refractivity contribution in [3.63, 3.8) is 0 Å². The Hall–Kier alpha value is -2.97. The molecule has 30 heavy (non-hydrogen) atoms. The first-order chi connectivity index (χ1) is 14.1. The van der Waals surface area contributed by atoms with Gasteiger partial charge in [0.2, 0.25) is 0 Å². The second-order valence-corrected chi connectivity index (χ2v) is 6.69. The summed E-state index contributed by atoms with van der Waals surface area (Å²) in [5, 5.41) is 9.19. The van der Waals surface area contributed by atoms with Crippen molar-refractivity contribution in [2.45, 2.75) is 45.8 Å². The van der Waals surface area contributed by atoms with E-state index in [2.05, 4.69) is 16.7 Å². The molecule has 1 atom stereocenters. The zero-order valence-corrected chi connectivity index (χ0v) is 17.2. The Morgan fingerprint density at radius 1 is 1.40 bits per heavy atom. The molecule has 1 aliphatic heterocycles. The van der Waals surface area contributed by atoms with Gasteiger partial charge < -0.3 is 10.0 Å². The third-order valence-corrected chi connectivity index (χ3v) is 4.46. The fraction of sp³-hybridized carbons (Fsp3) is 0.429. The highest BCUT2D eigenvalue weighted by Crippen LogP contribution is 2.27. The lowest BCUT2D eigenvalue weighted by molar-refractivity contribution is -0.132. The first-order valence-corrected chi connectivity index (χ1v) is 9.34. The van der Waals surface area contributed by atoms with Crippen LogP contribution in [0.15, 0.2) is 56.9 Å². The van der Waals surface area contributed by atoms with Crippen LogP contribution in [0.4, 0.5) is 13.2 Å². The Morgan fingerprint density at radius 3 is 2.60 bits per heavy atom. The van der Waals surface area contributed by atoms with Crippen molar-refractivity contribution >= 4 is 24.6 Å². The monoisotopic (exact) mass is 425 g/mol. The minimum Gasteiger partial charge on any atom is -0.515 e. The quantitative estimate of drug-likeness (QED) is 0.325. The maximum absolute atomic E-state index is 12.9. The lowest BCUT2D eigenvalue weighted by atomic mass is 10.0. The number of alkyl halides is 3. The fourth-order valence-electron chi connectivity index (χ4n) is 2.78. The Labute approximate surface area is 173 Å². The molecule has 0 bridgehead atoms. The van der Waals surface area contributed by atoms with E-state index in [4.69, 9.17) is 0 Å². The van der Waals surface area contributed by atoms with Crippen molar-refractivity contribution in [1.82, 2.24) is 4.90 Å². The molecule has 1 aliphatic rings. The van der Waals surface area contributed by atoms with Crippen LogP contribution in [0.1, 0.15) is 33.6 Å². The summed E-state index contributed by atoms with van der Waals surface area (Å²) >= 11 is 0. The van der Waals surface area contributed by atoms with Crippen molar-refractivity contribution in [3.05, 3.63) is 46.9 Å². The maximum atomic E-state index is 12.9. The van der Waals surface area contributed by atoms with Crippen molar-refractivity contribution in [2.24, 2.45) is 9.98 Å². The van der Waals surface area contributed by atoms with E-state index in [-0.39, 0.29) is 24.3 Å². The average molecular weight is 425 g/mol. The number of aliphatic imine (C=N–C) groups is 2. The molecule has 6 nitrogen and oxygen atoms in total. The van der Waals surface area contributed by atoms with Crippen molar-refractivity contribution in [1.29, 1.82) is 0 Å². The van der Waals surface area contributed by atoms with Gasteiger partial charge in [0.15, 0.2) is 5.78 Å². The largest absolute Gasteiger partial charge is 0.515 e. The first-order valence-electron chi connectivity index (χ1n) is 9.34. The van der Waals surface area contributed by atoms with E-state index >= 15 is 0 Å². The molecule has 0 saturated carbocycles. The van der Waals surface area contributed by atoms with Crippen LogP contribution >= 0.6 is 0 Å². The number of carbonyl (C=O) groups is 2. The van der Waals surface area contributed by atoms with Gasteiger partial charge in [-0.25, -0.2) is 0 Å². The number of Topliss-reactive ketones (excluding diaryl/α,β-unsaturated/α-hetero) is 1. The molecule has 0 spiro atoms. The number of allylic oxidation sites excluding steroid dienone is 2. The number of aliphatic hydroxyl groups excluding tert-OH is 1. The van der Waals surface area contributed by atoms with Gasteiger partial charge in [-0.2, -0.15) is 13.2 Å². The molecule has 0 aromatic heterocycles. The topological polar surface area (TPSA) is 82.3 Å². The summed E-state index contributed by atoms with van der Waals surface area (Å²) < 4.78 is 37.1. The van der Waals surface area contributed by atoms with Gasteiger partial charge in [0.25, 0.3) is 5.91 Å². The molecule has 1 heterocycles. The first kappa shape index (κ1) is 25.1. The van der Waals surface area contributed by atoms with E-state index in [0.29, 0.717) is 16.7 Å². The summed E-state index contributed by atoms with van der Waals surface area (Å²) in [6, 6.07) is -0.607.